The number of rotatable bonds is 1. The van der Waals surface area contributed by atoms with Crippen molar-refractivity contribution in [3.05, 3.63) is 48.4 Å². The molecule has 0 atom stereocenters. The Hall–Kier alpha value is -1.04. The van der Waals surface area contributed by atoms with E-state index < -0.39 is 0 Å². The van der Waals surface area contributed by atoms with Crippen LogP contribution in [0.25, 0.3) is 5.57 Å². The Labute approximate surface area is 68.6 Å². The topological polar surface area (TPSA) is 0 Å². The second-order valence-electron chi connectivity index (χ2n) is 2.85. The third-order valence-corrected chi connectivity index (χ3v) is 1.99. The van der Waals surface area contributed by atoms with E-state index >= 15 is 0 Å². The van der Waals surface area contributed by atoms with Crippen LogP contribution in [-0.4, -0.2) is 0 Å². The van der Waals surface area contributed by atoms with E-state index in [4.69, 9.17) is 0 Å². The van der Waals surface area contributed by atoms with Gasteiger partial charge in [0.25, 0.3) is 0 Å². The van der Waals surface area contributed by atoms with Crippen molar-refractivity contribution in [2.24, 2.45) is 0 Å². The van der Waals surface area contributed by atoms with E-state index in [9.17, 15) is 0 Å². The fourth-order valence-electron chi connectivity index (χ4n) is 1.13. The fourth-order valence-corrected chi connectivity index (χ4v) is 1.13. The quantitative estimate of drug-likeness (QED) is 0.569. The van der Waals surface area contributed by atoms with Crippen LogP contribution < -0.4 is 0 Å². The van der Waals surface area contributed by atoms with Crippen molar-refractivity contribution < 1.29 is 0 Å². The first-order valence-corrected chi connectivity index (χ1v) is 3.70. The minimum absolute atomic E-state index is 0.895. The summed E-state index contributed by atoms with van der Waals surface area (Å²) in [4.78, 5) is 0. The molecule has 0 saturated carbocycles. The molecule has 0 spiro atoms. The van der Waals surface area contributed by atoms with Gasteiger partial charge in [-0.2, -0.15) is 0 Å². The van der Waals surface area contributed by atoms with Gasteiger partial charge in [0, 0.05) is 0 Å². The van der Waals surface area contributed by atoms with Crippen molar-refractivity contribution in [3.63, 3.8) is 0 Å². The number of hydrogen-bond donors (Lipinski definition) is 0. The molecule has 0 bridgehead atoms. The van der Waals surface area contributed by atoms with Crippen LogP contribution in [0.4, 0.5) is 0 Å². The molecule has 11 heavy (non-hydrogen) atoms. The second-order valence-corrected chi connectivity index (χ2v) is 2.85. The predicted molar refractivity (Wildman–Crippen MR) is 50.3 cm³/mol. The van der Waals surface area contributed by atoms with Crippen LogP contribution in [0.1, 0.15) is 16.7 Å². The maximum atomic E-state index is 3.82. The summed E-state index contributed by atoms with van der Waals surface area (Å²) in [5.41, 5.74) is 4.65. The molecule has 0 N–H and O–H groups in total. The van der Waals surface area contributed by atoms with Crippen molar-refractivity contribution in [2.45, 2.75) is 13.8 Å². The van der Waals surface area contributed by atoms with Crippen molar-refractivity contribution >= 4 is 5.57 Å². The second kappa shape index (κ2) is 2.91. The van der Waals surface area contributed by atoms with Crippen molar-refractivity contribution in [1.82, 2.24) is 0 Å². The van der Waals surface area contributed by atoms with Gasteiger partial charge in [-0.15, -0.1) is 0 Å². The summed E-state index contributed by atoms with van der Waals surface area (Å²) in [6.45, 7) is 11.8. The molecule has 1 radical (unpaired) electrons. The minimum Gasteiger partial charge on any atom is -0.0952 e. The predicted octanol–water partition coefficient (Wildman–Crippen LogP) is 3.15. The van der Waals surface area contributed by atoms with Gasteiger partial charge < -0.3 is 0 Å². The molecule has 1 aromatic carbocycles. The van der Waals surface area contributed by atoms with Crippen molar-refractivity contribution in [3.8, 4) is 0 Å². The highest BCUT2D eigenvalue weighted by molar-refractivity contribution is 5.69. The van der Waals surface area contributed by atoms with Crippen LogP contribution in [0.3, 0.4) is 0 Å². The van der Waals surface area contributed by atoms with Crippen LogP contribution in [0.15, 0.2) is 24.8 Å². The van der Waals surface area contributed by atoms with Gasteiger partial charge >= 0.3 is 0 Å². The number of hydrogen-bond acceptors (Lipinski definition) is 0. The lowest BCUT2D eigenvalue weighted by atomic mass is 9.99. The fraction of sp³-hybridized carbons (Fsp3) is 0.182. The molecule has 0 aromatic heterocycles. The van der Waals surface area contributed by atoms with Gasteiger partial charge in [0.05, 0.1) is 0 Å². The van der Waals surface area contributed by atoms with Gasteiger partial charge in [0.15, 0.2) is 0 Å². The zero-order valence-electron chi connectivity index (χ0n) is 7.15. The molecule has 0 aliphatic rings. The molecule has 0 saturated heterocycles. The van der Waals surface area contributed by atoms with Crippen LogP contribution >= 0.6 is 0 Å². The molecule has 0 amide bonds. The smallest absolute Gasteiger partial charge is 0.0198 e. The lowest BCUT2D eigenvalue weighted by Crippen LogP contribution is -1.87. The third kappa shape index (κ3) is 1.51. The van der Waals surface area contributed by atoms with Crippen LogP contribution in [0, 0.1) is 20.8 Å². The van der Waals surface area contributed by atoms with Gasteiger partial charge in [0.2, 0.25) is 0 Å². The van der Waals surface area contributed by atoms with Crippen molar-refractivity contribution in [1.29, 1.82) is 0 Å². The Balaban J connectivity index is 3.27. The van der Waals surface area contributed by atoms with Crippen LogP contribution in [-0.2, 0) is 0 Å². The normalized spacial score (nSPS) is 9.73. The molecule has 0 nitrogen and oxygen atoms in total. The summed E-state index contributed by atoms with van der Waals surface area (Å²) in [6, 6.07) is 6.19. The molecule has 1 aromatic rings. The summed E-state index contributed by atoms with van der Waals surface area (Å²) in [5, 5.41) is 0. The van der Waals surface area contributed by atoms with Gasteiger partial charge in [-0.25, -0.2) is 0 Å². The maximum absolute atomic E-state index is 3.82. The van der Waals surface area contributed by atoms with E-state index in [1.807, 2.05) is 6.07 Å². The van der Waals surface area contributed by atoms with E-state index in [-0.39, 0.29) is 0 Å². The number of benzene rings is 1. The Morgan fingerprint density at radius 2 is 1.91 bits per heavy atom. The first-order valence-electron chi connectivity index (χ1n) is 3.70. The van der Waals surface area contributed by atoms with Crippen LogP contribution in [0.2, 0.25) is 0 Å². The Kier molecular flexibility index (Phi) is 2.13. The van der Waals surface area contributed by atoms with E-state index in [1.54, 1.807) is 0 Å². The number of aryl methyl sites for hydroxylation is 1. The highest BCUT2D eigenvalue weighted by atomic mass is 14.0. The van der Waals surface area contributed by atoms with E-state index in [0.717, 1.165) is 5.57 Å². The molecule has 0 unspecified atom stereocenters. The monoisotopic (exact) mass is 145 g/mol. The molecular weight excluding hydrogens is 132 g/mol. The molecule has 0 heteroatoms. The standard InChI is InChI=1S/C11H13/c1-8(2)11-7-5-6-9(3)10(11)4/h5-7H,1-2H2,3-4H3. The molecule has 1 rings (SSSR count). The Morgan fingerprint density at radius 3 is 2.36 bits per heavy atom. The van der Waals surface area contributed by atoms with Gasteiger partial charge in [-0.3, -0.25) is 0 Å². The van der Waals surface area contributed by atoms with Gasteiger partial charge in [-0.05, 0) is 43.0 Å². The van der Waals surface area contributed by atoms with E-state index in [2.05, 4.69) is 39.5 Å². The van der Waals surface area contributed by atoms with Gasteiger partial charge in [-0.1, -0.05) is 24.8 Å². The van der Waals surface area contributed by atoms with E-state index in [0.29, 0.717) is 0 Å². The molecule has 57 valence electrons. The summed E-state index contributed by atoms with van der Waals surface area (Å²) in [7, 11) is 0. The van der Waals surface area contributed by atoms with Crippen molar-refractivity contribution in [2.75, 3.05) is 0 Å². The SMILES string of the molecule is [CH2]C(=C)c1cccc(C)c1C. The average molecular weight is 145 g/mol. The summed E-state index contributed by atoms with van der Waals surface area (Å²) < 4.78 is 0. The molecule has 0 aliphatic carbocycles. The third-order valence-electron chi connectivity index (χ3n) is 1.99. The Morgan fingerprint density at radius 1 is 1.27 bits per heavy atom. The lowest BCUT2D eigenvalue weighted by Gasteiger charge is -2.06. The average Bonchev–Trinajstić information content (AvgIpc) is 1.94. The Bertz CT molecular complexity index is 282. The highest BCUT2D eigenvalue weighted by Crippen LogP contribution is 2.18. The minimum atomic E-state index is 0.895. The summed E-state index contributed by atoms with van der Waals surface area (Å²) >= 11 is 0. The molecule has 0 fully saturated rings. The molecular formula is C11H13. The largest absolute Gasteiger partial charge is 0.0952 e. The first kappa shape index (κ1) is 8.06. The maximum Gasteiger partial charge on any atom is -0.0198 e. The van der Waals surface area contributed by atoms with E-state index in [1.165, 1.54) is 16.7 Å². The molecule has 0 heterocycles. The summed E-state index contributed by atoms with van der Waals surface area (Å²) in [6.07, 6.45) is 0. The highest BCUT2D eigenvalue weighted by Gasteiger charge is 1.99. The van der Waals surface area contributed by atoms with Gasteiger partial charge in [0.1, 0.15) is 0 Å². The van der Waals surface area contributed by atoms with Crippen LogP contribution in [0.5, 0.6) is 0 Å². The lowest BCUT2D eigenvalue weighted by molar-refractivity contribution is 1.32. The zero-order valence-corrected chi connectivity index (χ0v) is 7.15. The zero-order chi connectivity index (χ0) is 8.43. The first-order chi connectivity index (χ1) is 5.13. The number of allylic oxidation sites excluding steroid dienone is 1. The molecule has 0 aliphatic heterocycles. The summed E-state index contributed by atoms with van der Waals surface area (Å²) in [5.74, 6) is 0.